The van der Waals surface area contributed by atoms with Gasteiger partial charge in [0.25, 0.3) is 5.91 Å². The van der Waals surface area contributed by atoms with Gasteiger partial charge in [-0.25, -0.2) is 0 Å². The van der Waals surface area contributed by atoms with E-state index in [4.69, 9.17) is 5.11 Å². The van der Waals surface area contributed by atoms with E-state index in [1.165, 1.54) is 11.0 Å². The quantitative estimate of drug-likeness (QED) is 0.744. The largest absolute Gasteiger partial charge is 0.395 e. The molecule has 0 radical (unpaired) electrons. The summed E-state index contributed by atoms with van der Waals surface area (Å²) in [6.45, 7) is 3.97. The molecular formula is C11H19N5O2. The van der Waals surface area contributed by atoms with Crippen molar-refractivity contribution >= 4 is 5.91 Å². The van der Waals surface area contributed by atoms with Crippen molar-refractivity contribution in [3.05, 3.63) is 11.9 Å². The Morgan fingerprint density at radius 2 is 2.22 bits per heavy atom. The van der Waals surface area contributed by atoms with Gasteiger partial charge in [-0.05, 0) is 13.0 Å². The summed E-state index contributed by atoms with van der Waals surface area (Å²) < 4.78 is 0. The fraction of sp³-hybridized carbons (Fsp3) is 0.727. The van der Waals surface area contributed by atoms with E-state index in [-0.39, 0.29) is 12.5 Å². The molecule has 0 atom stereocenters. The molecule has 0 spiro atoms. The number of rotatable bonds is 3. The predicted octanol–water partition coefficient (Wildman–Crippen LogP) is -1.04. The minimum Gasteiger partial charge on any atom is -0.395 e. The Balaban J connectivity index is 1.95. The molecular weight excluding hydrogens is 234 g/mol. The van der Waals surface area contributed by atoms with E-state index in [0.29, 0.717) is 18.8 Å². The number of aliphatic hydroxyl groups excluding tert-OH is 1. The molecule has 1 aromatic heterocycles. The van der Waals surface area contributed by atoms with Gasteiger partial charge >= 0.3 is 0 Å². The van der Waals surface area contributed by atoms with Crippen LogP contribution >= 0.6 is 0 Å². The molecule has 0 saturated carbocycles. The van der Waals surface area contributed by atoms with Gasteiger partial charge in [0.1, 0.15) is 0 Å². The molecule has 1 aliphatic heterocycles. The predicted molar refractivity (Wildman–Crippen MR) is 65.0 cm³/mol. The highest BCUT2D eigenvalue weighted by Crippen LogP contribution is 2.06. The van der Waals surface area contributed by atoms with E-state index in [2.05, 4.69) is 15.1 Å². The molecule has 0 aliphatic carbocycles. The van der Waals surface area contributed by atoms with Gasteiger partial charge in [-0.15, -0.1) is 5.10 Å². The summed E-state index contributed by atoms with van der Waals surface area (Å²) in [5.41, 5.74) is 0.396. The van der Waals surface area contributed by atoms with Gasteiger partial charge in [-0.1, -0.05) is 0 Å². The Bertz CT molecular complexity index is 406. The second-order valence-corrected chi connectivity index (χ2v) is 4.43. The molecule has 0 bridgehead atoms. The molecule has 1 amide bonds. The summed E-state index contributed by atoms with van der Waals surface area (Å²) in [6.07, 6.45) is 2.42. The van der Waals surface area contributed by atoms with Crippen LogP contribution in [0, 0.1) is 0 Å². The third kappa shape index (κ3) is 3.05. The maximum atomic E-state index is 12.2. The topological polar surface area (TPSA) is 74.5 Å². The summed E-state index contributed by atoms with van der Waals surface area (Å²) in [5, 5.41) is 16.9. The van der Waals surface area contributed by atoms with Crippen LogP contribution < -0.4 is 0 Å². The van der Waals surface area contributed by atoms with Crippen molar-refractivity contribution in [1.82, 2.24) is 24.8 Å². The third-order valence-corrected chi connectivity index (χ3v) is 3.11. The van der Waals surface area contributed by atoms with Crippen LogP contribution in [-0.2, 0) is 7.05 Å². The van der Waals surface area contributed by atoms with Crippen molar-refractivity contribution < 1.29 is 9.90 Å². The first kappa shape index (κ1) is 13.0. The lowest BCUT2D eigenvalue weighted by Crippen LogP contribution is -2.36. The molecule has 2 rings (SSSR count). The van der Waals surface area contributed by atoms with Gasteiger partial charge in [0.2, 0.25) is 0 Å². The van der Waals surface area contributed by atoms with Crippen molar-refractivity contribution in [3.8, 4) is 0 Å². The summed E-state index contributed by atoms with van der Waals surface area (Å²) in [4.78, 5) is 17.5. The lowest BCUT2D eigenvalue weighted by molar-refractivity contribution is 0.0754. The fourth-order valence-corrected chi connectivity index (χ4v) is 2.14. The van der Waals surface area contributed by atoms with Gasteiger partial charge in [0.15, 0.2) is 5.69 Å². The van der Waals surface area contributed by atoms with Crippen LogP contribution in [0.1, 0.15) is 16.9 Å². The van der Waals surface area contributed by atoms with Crippen LogP contribution in [-0.4, -0.2) is 75.1 Å². The Labute approximate surface area is 106 Å². The number of aromatic nitrogens is 3. The third-order valence-electron chi connectivity index (χ3n) is 3.11. The molecule has 1 N–H and O–H groups in total. The zero-order chi connectivity index (χ0) is 13.0. The number of nitrogens with zero attached hydrogens (tertiary/aromatic N) is 5. The van der Waals surface area contributed by atoms with E-state index in [9.17, 15) is 4.79 Å². The van der Waals surface area contributed by atoms with Crippen molar-refractivity contribution in [1.29, 1.82) is 0 Å². The van der Waals surface area contributed by atoms with E-state index in [0.717, 1.165) is 26.1 Å². The number of β-amino-alcohol motifs (C(OH)–C–C–N with tert-alkyl or cyclic N) is 1. The number of aliphatic hydroxyl groups is 1. The van der Waals surface area contributed by atoms with Gasteiger partial charge in [-0.2, -0.15) is 9.90 Å². The van der Waals surface area contributed by atoms with Crippen LogP contribution in [0.3, 0.4) is 0 Å². The van der Waals surface area contributed by atoms with E-state index < -0.39 is 0 Å². The Morgan fingerprint density at radius 3 is 2.89 bits per heavy atom. The maximum absolute atomic E-state index is 12.2. The standard InChI is InChI=1S/C11H19N5O2/c1-14-12-9-10(13-14)11(18)16-4-2-3-15(5-6-16)7-8-17/h9,17H,2-8H2,1H3. The molecule has 18 heavy (non-hydrogen) atoms. The normalized spacial score (nSPS) is 17.8. The van der Waals surface area contributed by atoms with Gasteiger partial charge in [0, 0.05) is 33.2 Å². The van der Waals surface area contributed by atoms with Crippen LogP contribution in [0.2, 0.25) is 0 Å². The Morgan fingerprint density at radius 1 is 1.39 bits per heavy atom. The zero-order valence-electron chi connectivity index (χ0n) is 10.6. The van der Waals surface area contributed by atoms with Crippen LogP contribution in [0.4, 0.5) is 0 Å². The van der Waals surface area contributed by atoms with Crippen LogP contribution in [0.15, 0.2) is 6.20 Å². The summed E-state index contributed by atoms with van der Waals surface area (Å²) in [6, 6.07) is 0. The molecule has 1 saturated heterocycles. The molecule has 0 aromatic carbocycles. The first-order valence-electron chi connectivity index (χ1n) is 6.19. The summed E-state index contributed by atoms with van der Waals surface area (Å²) >= 11 is 0. The molecule has 7 nitrogen and oxygen atoms in total. The maximum Gasteiger partial charge on any atom is 0.276 e. The second kappa shape index (κ2) is 5.92. The van der Waals surface area contributed by atoms with Crippen LogP contribution in [0.25, 0.3) is 0 Å². The van der Waals surface area contributed by atoms with Gasteiger partial charge < -0.3 is 10.0 Å². The van der Waals surface area contributed by atoms with Gasteiger partial charge in [0.05, 0.1) is 12.8 Å². The number of carbonyl (C=O) groups excluding carboxylic acids is 1. The summed E-state index contributed by atoms with van der Waals surface area (Å²) in [5.74, 6) is -0.0612. The van der Waals surface area contributed by atoms with E-state index in [1.54, 1.807) is 11.9 Å². The Hall–Kier alpha value is -1.47. The molecule has 7 heteroatoms. The second-order valence-electron chi connectivity index (χ2n) is 4.43. The van der Waals surface area contributed by atoms with Crippen molar-refractivity contribution in [2.75, 3.05) is 39.3 Å². The smallest absolute Gasteiger partial charge is 0.276 e. The van der Waals surface area contributed by atoms with Crippen molar-refractivity contribution in [2.45, 2.75) is 6.42 Å². The average Bonchev–Trinajstić information content (AvgIpc) is 2.65. The lowest BCUT2D eigenvalue weighted by Gasteiger charge is -2.20. The number of aryl methyl sites for hydroxylation is 1. The first-order valence-corrected chi connectivity index (χ1v) is 6.19. The minimum atomic E-state index is -0.0612. The molecule has 0 unspecified atom stereocenters. The number of amides is 1. The molecule has 2 heterocycles. The SMILES string of the molecule is Cn1ncc(C(=O)N2CCCN(CCO)CC2)n1. The van der Waals surface area contributed by atoms with Crippen molar-refractivity contribution in [3.63, 3.8) is 0 Å². The zero-order valence-corrected chi connectivity index (χ0v) is 10.6. The monoisotopic (exact) mass is 253 g/mol. The molecule has 1 fully saturated rings. The van der Waals surface area contributed by atoms with Gasteiger partial charge in [-0.3, -0.25) is 9.69 Å². The fourth-order valence-electron chi connectivity index (χ4n) is 2.14. The van der Waals surface area contributed by atoms with E-state index >= 15 is 0 Å². The molecule has 100 valence electrons. The highest BCUT2D eigenvalue weighted by molar-refractivity contribution is 5.91. The summed E-state index contributed by atoms with van der Waals surface area (Å²) in [7, 11) is 1.70. The lowest BCUT2D eigenvalue weighted by atomic mass is 10.3. The Kier molecular flexibility index (Phi) is 4.27. The molecule has 1 aliphatic rings. The minimum absolute atomic E-state index is 0.0612. The number of hydrogen-bond donors (Lipinski definition) is 1. The highest BCUT2D eigenvalue weighted by Gasteiger charge is 2.21. The number of hydrogen-bond acceptors (Lipinski definition) is 5. The van der Waals surface area contributed by atoms with Crippen molar-refractivity contribution in [2.24, 2.45) is 7.05 Å². The van der Waals surface area contributed by atoms with Crippen LogP contribution in [0.5, 0.6) is 0 Å². The molecule has 1 aromatic rings. The average molecular weight is 253 g/mol. The highest BCUT2D eigenvalue weighted by atomic mass is 16.3. The number of carbonyl (C=O) groups is 1. The van der Waals surface area contributed by atoms with E-state index in [1.807, 2.05) is 0 Å². The first-order chi connectivity index (χ1) is 8.70.